The predicted octanol–water partition coefficient (Wildman–Crippen LogP) is 2.27. The molecular formula is C16H20N6OS. The number of H-pyrrole nitrogens is 1. The van der Waals surface area contributed by atoms with Crippen LogP contribution in [0.2, 0.25) is 0 Å². The summed E-state index contributed by atoms with van der Waals surface area (Å²) in [6.45, 7) is 2.03. The van der Waals surface area contributed by atoms with Crippen molar-refractivity contribution in [1.82, 2.24) is 30.9 Å². The summed E-state index contributed by atoms with van der Waals surface area (Å²) in [5.74, 6) is 0.683. The van der Waals surface area contributed by atoms with Gasteiger partial charge in [0.2, 0.25) is 5.91 Å². The second kappa shape index (κ2) is 7.96. The predicted molar refractivity (Wildman–Crippen MR) is 92.7 cm³/mol. The number of aromatic amines is 1. The van der Waals surface area contributed by atoms with Gasteiger partial charge >= 0.3 is 0 Å². The average Bonchev–Trinajstić information content (AvgIpc) is 3.22. The molecule has 0 aliphatic rings. The maximum Gasteiger partial charge on any atom is 0.220 e. The fourth-order valence-corrected chi connectivity index (χ4v) is 3.52. The molecule has 8 heteroatoms. The third-order valence-corrected chi connectivity index (χ3v) is 4.90. The highest BCUT2D eigenvalue weighted by Gasteiger charge is 2.13. The Bertz CT molecular complexity index is 752. The third kappa shape index (κ3) is 4.35. The average molecular weight is 344 g/mol. The van der Waals surface area contributed by atoms with Crippen LogP contribution in [-0.2, 0) is 17.6 Å². The van der Waals surface area contributed by atoms with Gasteiger partial charge in [0.15, 0.2) is 5.82 Å². The molecule has 2 aromatic heterocycles. The zero-order valence-electron chi connectivity index (χ0n) is 13.5. The number of carbonyl (C=O) groups excluding carboxylic acids is 1. The molecule has 2 N–H and O–H groups in total. The third-order valence-electron chi connectivity index (χ3n) is 3.81. The van der Waals surface area contributed by atoms with Crippen molar-refractivity contribution >= 4 is 27.5 Å². The van der Waals surface area contributed by atoms with Gasteiger partial charge in [-0.05, 0) is 31.4 Å². The molecule has 126 valence electrons. The zero-order chi connectivity index (χ0) is 16.8. The molecular weight excluding hydrogens is 324 g/mol. The Balaban J connectivity index is 1.44. The second-order valence-corrected chi connectivity index (χ2v) is 6.75. The summed E-state index contributed by atoms with van der Waals surface area (Å²) in [7, 11) is 0. The first-order valence-corrected chi connectivity index (χ1v) is 8.92. The molecule has 3 aromatic rings. The molecule has 24 heavy (non-hydrogen) atoms. The molecule has 0 aliphatic heterocycles. The molecule has 0 radical (unpaired) electrons. The number of tetrazole rings is 1. The van der Waals surface area contributed by atoms with Crippen molar-refractivity contribution < 1.29 is 4.79 Å². The van der Waals surface area contributed by atoms with E-state index in [2.05, 4.69) is 37.0 Å². The van der Waals surface area contributed by atoms with Gasteiger partial charge in [-0.25, -0.2) is 4.98 Å². The molecule has 1 amide bonds. The van der Waals surface area contributed by atoms with E-state index < -0.39 is 0 Å². The molecule has 3 rings (SSSR count). The van der Waals surface area contributed by atoms with E-state index in [9.17, 15) is 4.79 Å². The molecule has 0 spiro atoms. The monoisotopic (exact) mass is 344 g/mol. The Morgan fingerprint density at radius 3 is 3.00 bits per heavy atom. The molecule has 0 fully saturated rings. The van der Waals surface area contributed by atoms with Crippen molar-refractivity contribution in [3.05, 3.63) is 35.1 Å². The number of nitrogens with one attached hydrogen (secondary N) is 2. The largest absolute Gasteiger partial charge is 0.353 e. The molecule has 1 atom stereocenters. The summed E-state index contributed by atoms with van der Waals surface area (Å²) in [4.78, 5) is 16.7. The molecule has 0 bridgehead atoms. The molecule has 1 aromatic carbocycles. The van der Waals surface area contributed by atoms with Crippen LogP contribution < -0.4 is 5.32 Å². The van der Waals surface area contributed by atoms with Crippen LogP contribution in [0.15, 0.2) is 24.3 Å². The first-order valence-electron chi connectivity index (χ1n) is 8.10. The maximum atomic E-state index is 12.1. The van der Waals surface area contributed by atoms with Crippen LogP contribution >= 0.6 is 11.3 Å². The summed E-state index contributed by atoms with van der Waals surface area (Å²) in [6.07, 6.45) is 3.55. The van der Waals surface area contributed by atoms with Crippen molar-refractivity contribution in [3.8, 4) is 0 Å². The Morgan fingerprint density at radius 2 is 2.25 bits per heavy atom. The Kier molecular flexibility index (Phi) is 5.47. The van der Waals surface area contributed by atoms with E-state index in [1.165, 1.54) is 4.70 Å². The number of nitrogens with zero attached hydrogens (tertiary/aromatic N) is 4. The lowest BCUT2D eigenvalue weighted by molar-refractivity contribution is -0.121. The Hall–Kier alpha value is -2.35. The number of fused-ring (bicyclic) bond motifs is 1. The Labute approximate surface area is 143 Å². The van der Waals surface area contributed by atoms with Gasteiger partial charge in [-0.15, -0.1) is 21.5 Å². The van der Waals surface area contributed by atoms with Crippen LogP contribution in [0.25, 0.3) is 10.2 Å². The fraction of sp³-hybridized carbons (Fsp3) is 0.438. The number of hydrogen-bond donors (Lipinski definition) is 2. The van der Waals surface area contributed by atoms with Crippen LogP contribution in [0.3, 0.4) is 0 Å². The van der Waals surface area contributed by atoms with E-state index in [0.717, 1.165) is 29.8 Å². The minimum atomic E-state index is 0.0394. The van der Waals surface area contributed by atoms with Gasteiger partial charge < -0.3 is 5.32 Å². The summed E-state index contributed by atoms with van der Waals surface area (Å²) in [5, 5.41) is 17.9. The quantitative estimate of drug-likeness (QED) is 0.653. The van der Waals surface area contributed by atoms with Gasteiger partial charge in [-0.2, -0.15) is 5.21 Å². The zero-order valence-corrected chi connectivity index (χ0v) is 14.3. The molecule has 1 unspecified atom stereocenters. The van der Waals surface area contributed by atoms with Gasteiger partial charge in [0.1, 0.15) is 0 Å². The van der Waals surface area contributed by atoms with Crippen molar-refractivity contribution in [2.75, 3.05) is 0 Å². The fourth-order valence-electron chi connectivity index (χ4n) is 2.51. The first kappa shape index (κ1) is 16.5. The van der Waals surface area contributed by atoms with Crippen molar-refractivity contribution in [2.24, 2.45) is 0 Å². The van der Waals surface area contributed by atoms with Crippen LogP contribution in [0, 0.1) is 0 Å². The van der Waals surface area contributed by atoms with Crippen LogP contribution in [0.1, 0.15) is 37.0 Å². The van der Waals surface area contributed by atoms with Gasteiger partial charge in [-0.3, -0.25) is 4.79 Å². The van der Waals surface area contributed by atoms with Crippen LogP contribution in [0.4, 0.5) is 0 Å². The minimum Gasteiger partial charge on any atom is -0.353 e. The lowest BCUT2D eigenvalue weighted by Crippen LogP contribution is -2.36. The first-order chi connectivity index (χ1) is 11.7. The normalized spacial score (nSPS) is 12.4. The van der Waals surface area contributed by atoms with Crippen molar-refractivity contribution in [1.29, 1.82) is 0 Å². The Morgan fingerprint density at radius 1 is 1.38 bits per heavy atom. The lowest BCUT2D eigenvalue weighted by atomic mass is 10.1. The standard InChI is InChI=1S/C16H20N6OS/c1-2-11(10-14-19-21-22-20-14)17-15(23)8-5-9-16-18-12-6-3-4-7-13(12)24-16/h3-4,6-7,11H,2,5,8-10H2,1H3,(H,17,23)(H,19,20,21,22). The van der Waals surface area contributed by atoms with Gasteiger partial charge in [-0.1, -0.05) is 24.3 Å². The highest BCUT2D eigenvalue weighted by atomic mass is 32.1. The number of amides is 1. The molecule has 7 nitrogen and oxygen atoms in total. The molecule has 2 heterocycles. The summed E-state index contributed by atoms with van der Waals surface area (Å²) >= 11 is 1.70. The molecule has 0 saturated heterocycles. The lowest BCUT2D eigenvalue weighted by Gasteiger charge is -2.14. The molecule has 0 aliphatic carbocycles. The number of hydrogen-bond acceptors (Lipinski definition) is 6. The van der Waals surface area contributed by atoms with E-state index in [0.29, 0.717) is 18.7 Å². The summed E-state index contributed by atoms with van der Waals surface area (Å²) < 4.78 is 1.20. The highest BCUT2D eigenvalue weighted by molar-refractivity contribution is 7.18. The SMILES string of the molecule is CCC(Cc1nn[nH]n1)NC(=O)CCCc1nc2ccccc2s1. The van der Waals surface area contributed by atoms with E-state index >= 15 is 0 Å². The van der Waals surface area contributed by atoms with E-state index in [-0.39, 0.29) is 11.9 Å². The molecule has 0 saturated carbocycles. The van der Waals surface area contributed by atoms with Crippen LogP contribution in [0.5, 0.6) is 0 Å². The second-order valence-electron chi connectivity index (χ2n) is 5.63. The number of para-hydroxylation sites is 1. The number of benzene rings is 1. The van der Waals surface area contributed by atoms with E-state index in [4.69, 9.17) is 0 Å². The van der Waals surface area contributed by atoms with Crippen molar-refractivity contribution in [3.63, 3.8) is 0 Å². The van der Waals surface area contributed by atoms with E-state index in [1.54, 1.807) is 11.3 Å². The smallest absolute Gasteiger partial charge is 0.220 e. The van der Waals surface area contributed by atoms with Crippen molar-refractivity contribution in [2.45, 2.75) is 45.1 Å². The number of aryl methyl sites for hydroxylation is 1. The van der Waals surface area contributed by atoms with Gasteiger partial charge in [0.25, 0.3) is 0 Å². The van der Waals surface area contributed by atoms with E-state index in [1.807, 2.05) is 25.1 Å². The van der Waals surface area contributed by atoms with Crippen LogP contribution in [-0.4, -0.2) is 37.6 Å². The number of thiazole rings is 1. The van der Waals surface area contributed by atoms with Gasteiger partial charge in [0.05, 0.1) is 15.2 Å². The highest BCUT2D eigenvalue weighted by Crippen LogP contribution is 2.22. The number of aromatic nitrogens is 5. The summed E-state index contributed by atoms with van der Waals surface area (Å²) in [6, 6.07) is 8.15. The number of rotatable bonds is 8. The topological polar surface area (TPSA) is 96.5 Å². The minimum absolute atomic E-state index is 0.0394. The van der Waals surface area contributed by atoms with Gasteiger partial charge in [0, 0.05) is 18.9 Å². The maximum absolute atomic E-state index is 12.1. The summed E-state index contributed by atoms with van der Waals surface area (Å²) in [5.41, 5.74) is 1.04. The number of carbonyl (C=O) groups is 1.